The van der Waals surface area contributed by atoms with Gasteiger partial charge in [0.2, 0.25) is 0 Å². The maximum atomic E-state index is 11.3. The van der Waals surface area contributed by atoms with E-state index >= 15 is 0 Å². The molecule has 0 spiro atoms. The van der Waals surface area contributed by atoms with E-state index in [9.17, 15) is 4.39 Å². The first kappa shape index (κ1) is 5.96. The van der Waals surface area contributed by atoms with E-state index < -0.39 is 5.63 Å². The lowest BCUT2D eigenvalue weighted by atomic mass is 10.6. The zero-order valence-corrected chi connectivity index (χ0v) is 3.95. The van der Waals surface area contributed by atoms with Gasteiger partial charge in [-0.15, -0.1) is 0 Å². The van der Waals surface area contributed by atoms with Crippen molar-refractivity contribution in [1.29, 1.82) is 0 Å². The monoisotopic (exact) mass is 107 g/mol. The molecule has 0 saturated carbocycles. The van der Waals surface area contributed by atoms with Crippen molar-refractivity contribution in [2.45, 2.75) is 5.63 Å². The highest BCUT2D eigenvalue weighted by Crippen LogP contribution is 1.95. The summed E-state index contributed by atoms with van der Waals surface area (Å²) < 4.78 is 11.3. The number of hydrogen-bond acceptors (Lipinski definition) is 0. The SMILES string of the molecule is [CH2]C=CC(F)Cl. The minimum absolute atomic E-state index is 1.15. The Kier molecular flexibility index (Phi) is 3.14. The van der Waals surface area contributed by atoms with Gasteiger partial charge in [-0.1, -0.05) is 17.7 Å². The van der Waals surface area contributed by atoms with E-state index in [0.29, 0.717) is 0 Å². The zero-order valence-electron chi connectivity index (χ0n) is 3.20. The van der Waals surface area contributed by atoms with Gasteiger partial charge in [-0.25, -0.2) is 4.39 Å². The summed E-state index contributed by atoms with van der Waals surface area (Å²) in [7, 11) is 0. The topological polar surface area (TPSA) is 0 Å². The van der Waals surface area contributed by atoms with Crippen molar-refractivity contribution in [2.24, 2.45) is 0 Å². The average Bonchev–Trinajstić information content (AvgIpc) is 1.35. The average molecular weight is 108 g/mol. The minimum atomic E-state index is -1.37. The van der Waals surface area contributed by atoms with Crippen LogP contribution in [0.3, 0.4) is 0 Å². The Bertz CT molecular complexity index is 49.5. The second-order valence-corrected chi connectivity index (χ2v) is 1.18. The lowest BCUT2D eigenvalue weighted by Gasteiger charge is -1.79. The van der Waals surface area contributed by atoms with Crippen molar-refractivity contribution >= 4 is 11.6 Å². The molecule has 35 valence electrons. The summed E-state index contributed by atoms with van der Waals surface area (Å²) in [6.07, 6.45) is 2.47. The van der Waals surface area contributed by atoms with E-state index in [-0.39, 0.29) is 0 Å². The van der Waals surface area contributed by atoms with Gasteiger partial charge in [-0.05, 0) is 13.0 Å². The number of halogens is 2. The Labute approximate surface area is 41.6 Å². The summed E-state index contributed by atoms with van der Waals surface area (Å²) in [5.41, 5.74) is -1.37. The standard InChI is InChI=1S/C4H5ClF/c1-2-3-4(5)6/h2-4H,1H2. The fraction of sp³-hybridized carbons (Fsp3) is 0.250. The van der Waals surface area contributed by atoms with Crippen LogP contribution < -0.4 is 0 Å². The van der Waals surface area contributed by atoms with Gasteiger partial charge in [0.25, 0.3) is 0 Å². The first-order valence-corrected chi connectivity index (χ1v) is 1.95. The summed E-state index contributed by atoms with van der Waals surface area (Å²) in [4.78, 5) is 0. The van der Waals surface area contributed by atoms with Crippen LogP contribution in [0.4, 0.5) is 4.39 Å². The molecular weight excluding hydrogens is 102 g/mol. The third-order valence-electron chi connectivity index (χ3n) is 0.282. The number of rotatable bonds is 1. The number of alkyl halides is 2. The van der Waals surface area contributed by atoms with Gasteiger partial charge in [0.05, 0.1) is 0 Å². The van der Waals surface area contributed by atoms with Gasteiger partial charge in [-0.2, -0.15) is 0 Å². The molecule has 1 unspecified atom stereocenters. The summed E-state index contributed by atoms with van der Waals surface area (Å²) in [6.45, 7) is 3.22. The highest BCUT2D eigenvalue weighted by atomic mass is 35.5. The quantitative estimate of drug-likeness (QED) is 0.449. The number of allylic oxidation sites excluding steroid dienone is 2. The predicted octanol–water partition coefficient (Wildman–Crippen LogP) is 1.91. The van der Waals surface area contributed by atoms with Crippen LogP contribution in [0.1, 0.15) is 0 Å². The molecule has 6 heavy (non-hydrogen) atoms. The molecular formula is C4H5ClF. The van der Waals surface area contributed by atoms with E-state index in [2.05, 4.69) is 6.92 Å². The normalized spacial score (nSPS) is 15.8. The van der Waals surface area contributed by atoms with Crippen LogP contribution in [0.2, 0.25) is 0 Å². The lowest BCUT2D eigenvalue weighted by molar-refractivity contribution is 0.512. The van der Waals surface area contributed by atoms with Crippen LogP contribution in [0.5, 0.6) is 0 Å². The molecule has 1 atom stereocenters. The Morgan fingerprint density at radius 3 is 2.33 bits per heavy atom. The van der Waals surface area contributed by atoms with E-state index in [1.165, 1.54) is 6.08 Å². The van der Waals surface area contributed by atoms with E-state index in [4.69, 9.17) is 11.6 Å². The molecule has 0 nitrogen and oxygen atoms in total. The second-order valence-electron chi connectivity index (χ2n) is 0.763. The molecule has 0 rings (SSSR count). The van der Waals surface area contributed by atoms with Crippen LogP contribution in [0.25, 0.3) is 0 Å². The molecule has 0 aromatic rings. The summed E-state index contributed by atoms with van der Waals surface area (Å²) in [5, 5.41) is 0. The van der Waals surface area contributed by atoms with Gasteiger partial charge in [0.1, 0.15) is 0 Å². The molecule has 1 radical (unpaired) electrons. The van der Waals surface area contributed by atoms with Gasteiger partial charge in [-0.3, -0.25) is 0 Å². The van der Waals surface area contributed by atoms with Crippen molar-refractivity contribution in [3.63, 3.8) is 0 Å². The molecule has 0 aromatic carbocycles. The molecule has 0 saturated heterocycles. The molecule has 0 fully saturated rings. The van der Waals surface area contributed by atoms with E-state index in [1.54, 1.807) is 0 Å². The Hall–Kier alpha value is -0.0400. The molecule has 0 bridgehead atoms. The van der Waals surface area contributed by atoms with Crippen molar-refractivity contribution in [2.75, 3.05) is 0 Å². The Morgan fingerprint density at radius 1 is 1.83 bits per heavy atom. The van der Waals surface area contributed by atoms with Gasteiger partial charge in [0, 0.05) is 0 Å². The maximum absolute atomic E-state index is 11.3. The largest absolute Gasteiger partial charge is 0.225 e. The predicted molar refractivity (Wildman–Crippen MR) is 25.2 cm³/mol. The molecule has 0 aliphatic rings. The maximum Gasteiger partial charge on any atom is 0.191 e. The fourth-order valence-corrected chi connectivity index (χ4v) is 0.206. The zero-order chi connectivity index (χ0) is 4.99. The van der Waals surface area contributed by atoms with E-state index in [0.717, 1.165) is 6.08 Å². The summed E-state index contributed by atoms with van der Waals surface area (Å²) in [6, 6.07) is 0. The van der Waals surface area contributed by atoms with Gasteiger partial charge in [0.15, 0.2) is 5.63 Å². The van der Waals surface area contributed by atoms with E-state index in [1.807, 2.05) is 0 Å². The fourth-order valence-electron chi connectivity index (χ4n) is 0.103. The van der Waals surface area contributed by atoms with Crippen LogP contribution in [-0.2, 0) is 0 Å². The van der Waals surface area contributed by atoms with Crippen LogP contribution in [-0.4, -0.2) is 5.63 Å². The third-order valence-corrected chi connectivity index (χ3v) is 0.427. The lowest BCUT2D eigenvalue weighted by Crippen LogP contribution is -1.74. The molecule has 2 heteroatoms. The molecule has 0 aromatic heterocycles. The second kappa shape index (κ2) is 3.16. The van der Waals surface area contributed by atoms with Crippen molar-refractivity contribution < 1.29 is 4.39 Å². The Morgan fingerprint density at radius 2 is 2.33 bits per heavy atom. The molecule has 0 N–H and O–H groups in total. The number of hydrogen-bond donors (Lipinski definition) is 0. The highest BCUT2D eigenvalue weighted by Gasteiger charge is 1.85. The van der Waals surface area contributed by atoms with Gasteiger partial charge < -0.3 is 0 Å². The van der Waals surface area contributed by atoms with Crippen LogP contribution >= 0.6 is 11.6 Å². The van der Waals surface area contributed by atoms with Gasteiger partial charge >= 0.3 is 0 Å². The Balaban J connectivity index is 3.03. The van der Waals surface area contributed by atoms with Crippen molar-refractivity contribution in [3.05, 3.63) is 19.1 Å². The third kappa shape index (κ3) is 3.96. The smallest absolute Gasteiger partial charge is 0.191 e. The highest BCUT2D eigenvalue weighted by molar-refractivity contribution is 6.20. The van der Waals surface area contributed by atoms with Crippen LogP contribution in [0, 0.1) is 6.92 Å². The van der Waals surface area contributed by atoms with Crippen molar-refractivity contribution in [1.82, 2.24) is 0 Å². The minimum Gasteiger partial charge on any atom is -0.225 e. The first-order chi connectivity index (χ1) is 2.77. The summed E-state index contributed by atoms with van der Waals surface area (Å²) in [5.74, 6) is 0. The first-order valence-electron chi connectivity index (χ1n) is 1.51. The summed E-state index contributed by atoms with van der Waals surface area (Å²) >= 11 is 4.78. The molecule has 0 aliphatic heterocycles. The molecule has 0 heterocycles. The molecule has 0 aliphatic carbocycles. The van der Waals surface area contributed by atoms with Crippen molar-refractivity contribution in [3.8, 4) is 0 Å². The molecule has 0 amide bonds. The van der Waals surface area contributed by atoms with Crippen LogP contribution in [0.15, 0.2) is 12.2 Å².